The number of rotatable bonds is 8. The van der Waals surface area contributed by atoms with Crippen LogP contribution in [0.25, 0.3) is 0 Å². The monoisotopic (exact) mass is 457 g/mol. The van der Waals surface area contributed by atoms with Gasteiger partial charge >= 0.3 is 5.69 Å². The average Bonchev–Trinajstić information content (AvgIpc) is 2.81. The summed E-state index contributed by atoms with van der Waals surface area (Å²) < 4.78 is 16.1. The Morgan fingerprint density at radius 1 is 1.06 bits per heavy atom. The highest BCUT2D eigenvalue weighted by Gasteiger charge is 2.21. The van der Waals surface area contributed by atoms with Crippen molar-refractivity contribution in [3.05, 3.63) is 75.4 Å². The molecule has 0 saturated heterocycles. The van der Waals surface area contributed by atoms with Crippen LogP contribution in [0.2, 0.25) is 5.02 Å². The smallest absolute Gasteiger partial charge is 0.313 e. The molecule has 0 aliphatic carbocycles. The van der Waals surface area contributed by atoms with Gasteiger partial charge in [0.15, 0.2) is 11.5 Å². The Bertz CT molecular complexity index is 1140. The second-order valence-corrected chi connectivity index (χ2v) is 6.88. The first-order valence-electron chi connectivity index (χ1n) is 9.49. The number of hydrogen-bond acceptors (Lipinski definition) is 7. The lowest BCUT2D eigenvalue weighted by Crippen LogP contribution is -2.30. The molecule has 0 aliphatic rings. The summed E-state index contributed by atoms with van der Waals surface area (Å²) in [4.78, 5) is 29.5. The highest BCUT2D eigenvalue weighted by molar-refractivity contribution is 6.30. The highest BCUT2D eigenvalue weighted by Crippen LogP contribution is 2.38. The molecule has 166 valence electrons. The van der Waals surface area contributed by atoms with Gasteiger partial charge in [-0.1, -0.05) is 11.6 Å². The van der Waals surface area contributed by atoms with Gasteiger partial charge in [-0.2, -0.15) is 0 Å². The lowest BCUT2D eigenvalue weighted by molar-refractivity contribution is -0.385. The number of amides is 1. The molecule has 3 rings (SSSR count). The summed E-state index contributed by atoms with van der Waals surface area (Å²) in [5.41, 5.74) is 0.663. The van der Waals surface area contributed by atoms with Gasteiger partial charge in [0.25, 0.3) is 5.91 Å². The average molecular weight is 458 g/mol. The van der Waals surface area contributed by atoms with Crippen LogP contribution in [0.5, 0.6) is 23.1 Å². The quantitative estimate of drug-likeness (QED) is 0.341. The molecule has 0 bridgehead atoms. The summed E-state index contributed by atoms with van der Waals surface area (Å²) in [7, 11) is 2.93. The molecule has 1 aromatic heterocycles. The van der Waals surface area contributed by atoms with Crippen LogP contribution in [-0.2, 0) is 0 Å². The molecule has 0 atom stereocenters. The number of anilines is 1. The van der Waals surface area contributed by atoms with Crippen LogP contribution in [0.15, 0.2) is 54.7 Å². The standard InChI is InChI=1S/C22H20ClN3O6/c1-4-25(16-7-10-21(31-3)24-13-16)22(27)14-5-8-19(20(11-14)30-2)32-18-9-6-15(23)12-17(18)26(28)29/h5-13H,4H2,1-3H3. The van der Waals surface area contributed by atoms with Gasteiger partial charge in [0.1, 0.15) is 0 Å². The van der Waals surface area contributed by atoms with E-state index in [2.05, 4.69) is 4.98 Å². The Hall–Kier alpha value is -3.85. The van der Waals surface area contributed by atoms with Crippen LogP contribution < -0.4 is 19.1 Å². The molecule has 0 aliphatic heterocycles. The molecular formula is C22H20ClN3O6. The predicted octanol–water partition coefficient (Wildman–Crippen LogP) is 5.12. The fourth-order valence-electron chi connectivity index (χ4n) is 2.98. The summed E-state index contributed by atoms with van der Waals surface area (Å²) >= 11 is 5.85. The van der Waals surface area contributed by atoms with Crippen LogP contribution in [0, 0.1) is 10.1 Å². The molecule has 0 unspecified atom stereocenters. The number of hydrogen-bond donors (Lipinski definition) is 0. The number of nitrogens with zero attached hydrogens (tertiary/aromatic N) is 3. The van der Waals surface area contributed by atoms with Crippen molar-refractivity contribution in [2.45, 2.75) is 6.92 Å². The van der Waals surface area contributed by atoms with Gasteiger partial charge in [0.2, 0.25) is 11.6 Å². The summed E-state index contributed by atoms with van der Waals surface area (Å²) in [5.74, 6) is 0.613. The maximum atomic E-state index is 13.1. The number of nitro groups is 1. The van der Waals surface area contributed by atoms with Crippen molar-refractivity contribution in [3.8, 4) is 23.1 Å². The van der Waals surface area contributed by atoms with Crippen LogP contribution in [0.1, 0.15) is 17.3 Å². The predicted molar refractivity (Wildman–Crippen MR) is 119 cm³/mol. The molecule has 0 N–H and O–H groups in total. The number of ether oxygens (including phenoxy) is 3. The minimum atomic E-state index is -0.590. The number of halogens is 1. The Balaban J connectivity index is 1.90. The first-order chi connectivity index (χ1) is 15.4. The third-order valence-corrected chi connectivity index (χ3v) is 4.79. The number of carbonyl (C=O) groups is 1. The van der Waals surface area contributed by atoms with Crippen LogP contribution in [-0.4, -0.2) is 36.6 Å². The number of benzene rings is 2. The Labute approximate surface area is 189 Å². The van der Waals surface area contributed by atoms with Gasteiger partial charge in [-0.05, 0) is 43.3 Å². The fraction of sp³-hybridized carbons (Fsp3) is 0.182. The van der Waals surface area contributed by atoms with E-state index in [1.54, 1.807) is 29.3 Å². The van der Waals surface area contributed by atoms with E-state index < -0.39 is 4.92 Å². The van der Waals surface area contributed by atoms with E-state index >= 15 is 0 Å². The van der Waals surface area contributed by atoms with Crippen molar-refractivity contribution in [3.63, 3.8) is 0 Å². The molecule has 0 spiro atoms. The lowest BCUT2D eigenvalue weighted by atomic mass is 10.1. The number of methoxy groups -OCH3 is 2. The molecule has 10 heteroatoms. The van der Waals surface area contributed by atoms with E-state index in [0.717, 1.165) is 0 Å². The van der Waals surface area contributed by atoms with E-state index in [1.165, 1.54) is 44.6 Å². The summed E-state index contributed by atoms with van der Waals surface area (Å²) in [6.07, 6.45) is 1.55. The van der Waals surface area contributed by atoms with E-state index in [1.807, 2.05) is 6.92 Å². The van der Waals surface area contributed by atoms with Gasteiger partial charge < -0.3 is 19.1 Å². The zero-order chi connectivity index (χ0) is 23.3. The molecule has 2 aromatic carbocycles. The van der Waals surface area contributed by atoms with Crippen molar-refractivity contribution < 1.29 is 23.9 Å². The van der Waals surface area contributed by atoms with Crippen molar-refractivity contribution in [2.75, 3.05) is 25.7 Å². The number of aromatic nitrogens is 1. The van der Waals surface area contributed by atoms with Crippen molar-refractivity contribution in [2.24, 2.45) is 0 Å². The first kappa shape index (κ1) is 22.8. The maximum Gasteiger partial charge on any atom is 0.313 e. The van der Waals surface area contributed by atoms with Crippen molar-refractivity contribution in [1.82, 2.24) is 4.98 Å². The van der Waals surface area contributed by atoms with Crippen molar-refractivity contribution >= 4 is 28.9 Å². The van der Waals surface area contributed by atoms with E-state index in [-0.39, 0.29) is 33.9 Å². The molecule has 1 amide bonds. The highest BCUT2D eigenvalue weighted by atomic mass is 35.5. The SMILES string of the molecule is CCN(C(=O)c1ccc(Oc2ccc(Cl)cc2[N+](=O)[O-])c(OC)c1)c1ccc(OC)nc1. The molecule has 32 heavy (non-hydrogen) atoms. The molecule has 9 nitrogen and oxygen atoms in total. The second-order valence-electron chi connectivity index (χ2n) is 6.45. The topological polar surface area (TPSA) is 104 Å². The Morgan fingerprint density at radius 3 is 2.41 bits per heavy atom. The number of carbonyl (C=O) groups excluding carboxylic acids is 1. The zero-order valence-corrected chi connectivity index (χ0v) is 18.3. The van der Waals surface area contributed by atoms with E-state index in [4.69, 9.17) is 25.8 Å². The van der Waals surface area contributed by atoms with Crippen LogP contribution in [0.4, 0.5) is 11.4 Å². The third kappa shape index (κ3) is 4.89. The first-order valence-corrected chi connectivity index (χ1v) is 9.87. The number of pyridine rings is 1. The lowest BCUT2D eigenvalue weighted by Gasteiger charge is -2.21. The zero-order valence-electron chi connectivity index (χ0n) is 17.6. The Kier molecular flexibility index (Phi) is 7.11. The summed E-state index contributed by atoms with van der Waals surface area (Å²) in [5, 5.41) is 11.5. The second kappa shape index (κ2) is 9.97. The van der Waals surface area contributed by atoms with Gasteiger partial charge in [-0.25, -0.2) is 4.98 Å². The van der Waals surface area contributed by atoms with Gasteiger partial charge in [0, 0.05) is 29.3 Å². The van der Waals surface area contributed by atoms with Crippen LogP contribution in [0.3, 0.4) is 0 Å². The summed E-state index contributed by atoms with van der Waals surface area (Å²) in [6, 6.07) is 12.1. The molecule has 0 saturated carbocycles. The normalized spacial score (nSPS) is 10.4. The third-order valence-electron chi connectivity index (χ3n) is 4.55. The molecular weight excluding hydrogens is 438 g/mol. The molecule has 3 aromatic rings. The minimum absolute atomic E-state index is 0.00346. The fourth-order valence-corrected chi connectivity index (χ4v) is 3.14. The van der Waals surface area contributed by atoms with E-state index in [0.29, 0.717) is 23.7 Å². The minimum Gasteiger partial charge on any atom is -0.493 e. The molecule has 0 radical (unpaired) electrons. The van der Waals surface area contributed by atoms with Gasteiger partial charge in [-0.15, -0.1) is 0 Å². The number of nitro benzene ring substituents is 1. The van der Waals surface area contributed by atoms with Crippen molar-refractivity contribution in [1.29, 1.82) is 0 Å². The van der Waals surface area contributed by atoms with E-state index in [9.17, 15) is 14.9 Å². The van der Waals surface area contributed by atoms with Gasteiger partial charge in [-0.3, -0.25) is 14.9 Å². The molecule has 1 heterocycles. The molecule has 0 fully saturated rings. The summed E-state index contributed by atoms with van der Waals surface area (Å²) in [6.45, 7) is 2.25. The Morgan fingerprint density at radius 2 is 1.81 bits per heavy atom. The van der Waals surface area contributed by atoms with Gasteiger partial charge in [0.05, 0.1) is 31.0 Å². The van der Waals surface area contributed by atoms with Crippen LogP contribution >= 0.6 is 11.6 Å². The maximum absolute atomic E-state index is 13.1. The largest absolute Gasteiger partial charge is 0.493 e.